The zero-order valence-corrected chi connectivity index (χ0v) is 17.6. The second-order valence-corrected chi connectivity index (χ2v) is 7.44. The molecular formula is C19H28BrN7. The van der Waals surface area contributed by atoms with Crippen molar-refractivity contribution in [2.45, 2.75) is 39.3 Å². The van der Waals surface area contributed by atoms with Crippen LogP contribution >= 0.6 is 15.9 Å². The topological polar surface area (TPSA) is 70.4 Å². The lowest BCUT2D eigenvalue weighted by molar-refractivity contribution is 0.634. The SMILES string of the molecule is CCNC(=NCCn1cnnc1CC)NC1CCN(c2ccccc2Br)C1. The van der Waals surface area contributed by atoms with Crippen molar-refractivity contribution in [2.75, 3.05) is 31.1 Å². The molecule has 2 N–H and O–H groups in total. The van der Waals surface area contributed by atoms with Crippen LogP contribution in [0.4, 0.5) is 5.69 Å². The van der Waals surface area contributed by atoms with Gasteiger partial charge in [-0.25, -0.2) is 0 Å². The van der Waals surface area contributed by atoms with Gasteiger partial charge in [-0.2, -0.15) is 0 Å². The lowest BCUT2D eigenvalue weighted by Crippen LogP contribution is -2.44. The largest absolute Gasteiger partial charge is 0.368 e. The van der Waals surface area contributed by atoms with Crippen LogP contribution in [0.1, 0.15) is 26.1 Å². The third-order valence-electron chi connectivity index (χ3n) is 4.69. The second-order valence-electron chi connectivity index (χ2n) is 6.58. The summed E-state index contributed by atoms with van der Waals surface area (Å²) in [6.07, 6.45) is 3.76. The molecule has 1 aliphatic rings. The first kappa shape index (κ1) is 19.7. The van der Waals surface area contributed by atoms with E-state index in [0.717, 1.165) is 55.3 Å². The fourth-order valence-electron chi connectivity index (χ4n) is 3.33. The van der Waals surface area contributed by atoms with Crippen LogP contribution in [-0.4, -0.2) is 52.9 Å². The van der Waals surface area contributed by atoms with Crippen LogP contribution in [0.3, 0.4) is 0 Å². The van der Waals surface area contributed by atoms with E-state index in [-0.39, 0.29) is 0 Å². The summed E-state index contributed by atoms with van der Waals surface area (Å²) < 4.78 is 3.21. The maximum absolute atomic E-state index is 4.73. The number of hydrogen-bond acceptors (Lipinski definition) is 4. The van der Waals surface area contributed by atoms with Gasteiger partial charge in [0.15, 0.2) is 5.96 Å². The molecule has 0 radical (unpaired) electrons. The van der Waals surface area contributed by atoms with E-state index < -0.39 is 0 Å². The van der Waals surface area contributed by atoms with Gasteiger partial charge in [-0.15, -0.1) is 10.2 Å². The van der Waals surface area contributed by atoms with E-state index in [2.05, 4.69) is 84.3 Å². The summed E-state index contributed by atoms with van der Waals surface area (Å²) in [4.78, 5) is 7.15. The number of aryl methyl sites for hydroxylation is 1. The molecule has 1 unspecified atom stereocenters. The first-order valence-electron chi connectivity index (χ1n) is 9.62. The highest BCUT2D eigenvalue weighted by Crippen LogP contribution is 2.28. The van der Waals surface area contributed by atoms with Crippen molar-refractivity contribution in [3.8, 4) is 0 Å². The van der Waals surface area contributed by atoms with Crippen LogP contribution in [0, 0.1) is 0 Å². The van der Waals surface area contributed by atoms with Gasteiger partial charge in [0, 0.05) is 43.1 Å². The van der Waals surface area contributed by atoms with Crippen LogP contribution in [0.5, 0.6) is 0 Å². The monoisotopic (exact) mass is 433 g/mol. The number of aromatic nitrogens is 3. The first-order valence-corrected chi connectivity index (χ1v) is 10.4. The van der Waals surface area contributed by atoms with Gasteiger partial charge in [0.2, 0.25) is 0 Å². The fraction of sp³-hybridized carbons (Fsp3) is 0.526. The van der Waals surface area contributed by atoms with Gasteiger partial charge in [-0.05, 0) is 41.4 Å². The van der Waals surface area contributed by atoms with Crippen LogP contribution in [0.2, 0.25) is 0 Å². The number of hydrogen-bond donors (Lipinski definition) is 2. The van der Waals surface area contributed by atoms with Gasteiger partial charge in [-0.1, -0.05) is 19.1 Å². The van der Waals surface area contributed by atoms with Gasteiger partial charge in [0.1, 0.15) is 12.2 Å². The molecule has 0 aliphatic carbocycles. The molecule has 2 aromatic rings. The Labute approximate surface area is 169 Å². The molecule has 0 bridgehead atoms. The summed E-state index contributed by atoms with van der Waals surface area (Å²) in [7, 11) is 0. The summed E-state index contributed by atoms with van der Waals surface area (Å²) in [6.45, 7) is 8.53. The first-order chi connectivity index (χ1) is 13.2. The van der Waals surface area contributed by atoms with Crippen molar-refractivity contribution >= 4 is 27.6 Å². The molecule has 0 spiro atoms. The molecule has 2 heterocycles. The normalized spacial score (nSPS) is 17.4. The van der Waals surface area contributed by atoms with Crippen LogP contribution in [-0.2, 0) is 13.0 Å². The molecule has 0 saturated carbocycles. The minimum absolute atomic E-state index is 0.385. The predicted molar refractivity (Wildman–Crippen MR) is 113 cm³/mol. The van der Waals surface area contributed by atoms with Crippen molar-refractivity contribution in [1.82, 2.24) is 25.4 Å². The highest BCUT2D eigenvalue weighted by atomic mass is 79.9. The molecule has 1 aromatic heterocycles. The molecule has 146 valence electrons. The summed E-state index contributed by atoms with van der Waals surface area (Å²) in [5, 5.41) is 15.0. The number of guanidine groups is 1. The van der Waals surface area contributed by atoms with Gasteiger partial charge < -0.3 is 20.1 Å². The Morgan fingerprint density at radius 2 is 2.19 bits per heavy atom. The molecule has 1 aliphatic heterocycles. The number of halogens is 1. The quantitative estimate of drug-likeness (QED) is 0.518. The molecule has 3 rings (SSSR count). The van der Waals surface area contributed by atoms with Gasteiger partial charge >= 0.3 is 0 Å². The van der Waals surface area contributed by atoms with E-state index in [4.69, 9.17) is 4.99 Å². The number of para-hydroxylation sites is 1. The number of nitrogens with one attached hydrogen (secondary N) is 2. The average Bonchev–Trinajstić information content (AvgIpc) is 3.31. The number of nitrogens with zero attached hydrogens (tertiary/aromatic N) is 5. The predicted octanol–water partition coefficient (Wildman–Crippen LogP) is 2.44. The fourth-order valence-corrected chi connectivity index (χ4v) is 3.86. The lowest BCUT2D eigenvalue weighted by atomic mass is 10.3. The minimum atomic E-state index is 0.385. The molecule has 8 heteroatoms. The Bertz CT molecular complexity index is 758. The molecule has 1 fully saturated rings. The van der Waals surface area contributed by atoms with E-state index >= 15 is 0 Å². The van der Waals surface area contributed by atoms with Gasteiger partial charge in [0.25, 0.3) is 0 Å². The zero-order valence-electron chi connectivity index (χ0n) is 16.0. The Kier molecular flexibility index (Phi) is 7.09. The summed E-state index contributed by atoms with van der Waals surface area (Å²) in [5.74, 6) is 1.88. The van der Waals surface area contributed by atoms with Crippen molar-refractivity contribution < 1.29 is 0 Å². The van der Waals surface area contributed by atoms with Crippen molar-refractivity contribution in [2.24, 2.45) is 4.99 Å². The average molecular weight is 434 g/mol. The Balaban J connectivity index is 1.55. The number of anilines is 1. The van der Waals surface area contributed by atoms with E-state index in [0.29, 0.717) is 12.6 Å². The Hall–Kier alpha value is -2.09. The van der Waals surface area contributed by atoms with Crippen molar-refractivity contribution in [3.63, 3.8) is 0 Å². The highest BCUT2D eigenvalue weighted by Gasteiger charge is 2.24. The third-order valence-corrected chi connectivity index (χ3v) is 5.36. The van der Waals surface area contributed by atoms with E-state index in [1.807, 2.05) is 0 Å². The van der Waals surface area contributed by atoms with Crippen molar-refractivity contribution in [1.29, 1.82) is 0 Å². The standard InChI is InChI=1S/C19H28BrN7/c1-3-18-25-23-14-27(18)12-10-22-19(21-4-2)24-15-9-11-26(13-15)17-8-6-5-7-16(17)20/h5-8,14-15H,3-4,9-13H2,1-2H3,(H2,21,22,24). The van der Waals surface area contributed by atoms with Gasteiger partial charge in [-0.3, -0.25) is 4.99 Å². The molecule has 0 amide bonds. The maximum Gasteiger partial charge on any atom is 0.191 e. The molecule has 1 aromatic carbocycles. The highest BCUT2D eigenvalue weighted by molar-refractivity contribution is 9.10. The van der Waals surface area contributed by atoms with E-state index in [9.17, 15) is 0 Å². The summed E-state index contributed by atoms with van der Waals surface area (Å²) >= 11 is 3.66. The molecule has 7 nitrogen and oxygen atoms in total. The van der Waals surface area contributed by atoms with E-state index in [1.165, 1.54) is 5.69 Å². The Morgan fingerprint density at radius 1 is 1.33 bits per heavy atom. The molecule has 27 heavy (non-hydrogen) atoms. The third kappa shape index (κ3) is 5.22. The smallest absolute Gasteiger partial charge is 0.191 e. The van der Waals surface area contributed by atoms with Crippen LogP contribution < -0.4 is 15.5 Å². The van der Waals surface area contributed by atoms with Gasteiger partial charge in [0.05, 0.1) is 12.2 Å². The van der Waals surface area contributed by atoms with Crippen molar-refractivity contribution in [3.05, 3.63) is 40.9 Å². The van der Waals surface area contributed by atoms with Crippen LogP contribution in [0.25, 0.3) is 0 Å². The zero-order chi connectivity index (χ0) is 19.1. The lowest BCUT2D eigenvalue weighted by Gasteiger charge is -2.21. The molecular weight excluding hydrogens is 406 g/mol. The second kappa shape index (κ2) is 9.73. The molecule has 1 saturated heterocycles. The van der Waals surface area contributed by atoms with E-state index in [1.54, 1.807) is 6.33 Å². The summed E-state index contributed by atoms with van der Waals surface area (Å²) in [6, 6.07) is 8.78. The number of aliphatic imine (C=N–C) groups is 1. The minimum Gasteiger partial charge on any atom is -0.368 e. The number of rotatable bonds is 7. The number of benzene rings is 1. The Morgan fingerprint density at radius 3 is 2.96 bits per heavy atom. The maximum atomic E-state index is 4.73. The summed E-state index contributed by atoms with van der Waals surface area (Å²) in [5.41, 5.74) is 1.25. The molecule has 1 atom stereocenters. The van der Waals surface area contributed by atoms with Crippen LogP contribution in [0.15, 0.2) is 40.1 Å².